The number of alkyl halides is 1. The molecule has 0 radical (unpaired) electrons. The molecule has 0 unspecified atom stereocenters. The third-order valence-corrected chi connectivity index (χ3v) is 2.52. The van der Waals surface area contributed by atoms with E-state index in [1.165, 1.54) is 0 Å². The number of hydrogen-bond donors (Lipinski definition) is 0. The van der Waals surface area contributed by atoms with Crippen LogP contribution >= 0.6 is 15.9 Å². The van der Waals surface area contributed by atoms with E-state index in [0.29, 0.717) is 11.8 Å². The highest BCUT2D eigenvalue weighted by molar-refractivity contribution is 9.09. The van der Waals surface area contributed by atoms with Crippen molar-refractivity contribution < 1.29 is 9.53 Å². The number of anilines is 1. The Balaban J connectivity index is 2.81. The second-order valence-electron chi connectivity index (χ2n) is 3.09. The monoisotopic (exact) mass is 271 g/mol. The zero-order valence-corrected chi connectivity index (χ0v) is 10.5. The fourth-order valence-electron chi connectivity index (χ4n) is 1.21. The maximum Gasteiger partial charge on any atom is 0.227 e. The number of benzene rings is 1. The summed E-state index contributed by atoms with van der Waals surface area (Å²) in [6.45, 7) is 0. The molecule has 3 nitrogen and oxygen atoms in total. The van der Waals surface area contributed by atoms with Gasteiger partial charge in [0.2, 0.25) is 5.91 Å². The van der Waals surface area contributed by atoms with Crippen LogP contribution in [-0.2, 0) is 4.79 Å². The predicted octanol–water partition coefficient (Wildman–Crippen LogP) is 2.44. The molecule has 1 aromatic rings. The second-order valence-corrected chi connectivity index (χ2v) is 3.89. The van der Waals surface area contributed by atoms with E-state index in [1.807, 2.05) is 24.3 Å². The van der Waals surface area contributed by atoms with Gasteiger partial charge in [0.05, 0.1) is 7.11 Å². The molecule has 0 saturated carbocycles. The summed E-state index contributed by atoms with van der Waals surface area (Å²) >= 11 is 3.25. The minimum Gasteiger partial charge on any atom is -0.497 e. The Kier molecular flexibility index (Phi) is 4.62. The molecular weight excluding hydrogens is 258 g/mol. The van der Waals surface area contributed by atoms with Crippen molar-refractivity contribution in [2.24, 2.45) is 0 Å². The zero-order chi connectivity index (χ0) is 11.3. The highest BCUT2D eigenvalue weighted by Crippen LogP contribution is 2.20. The lowest BCUT2D eigenvalue weighted by Crippen LogP contribution is -2.26. The molecule has 0 atom stereocenters. The molecule has 82 valence electrons. The van der Waals surface area contributed by atoms with Crippen molar-refractivity contribution in [1.29, 1.82) is 0 Å². The largest absolute Gasteiger partial charge is 0.497 e. The Hall–Kier alpha value is -1.03. The Morgan fingerprint density at radius 1 is 1.53 bits per heavy atom. The molecule has 0 aromatic heterocycles. The van der Waals surface area contributed by atoms with Crippen LogP contribution in [0.4, 0.5) is 5.69 Å². The number of ether oxygens (including phenoxy) is 1. The van der Waals surface area contributed by atoms with Crippen LogP contribution in [0.2, 0.25) is 0 Å². The van der Waals surface area contributed by atoms with Crippen molar-refractivity contribution in [3.05, 3.63) is 24.3 Å². The number of carbonyl (C=O) groups is 1. The van der Waals surface area contributed by atoms with Gasteiger partial charge < -0.3 is 9.64 Å². The number of halogens is 1. The molecule has 15 heavy (non-hydrogen) atoms. The molecule has 1 rings (SSSR count). The number of rotatable bonds is 4. The number of methoxy groups -OCH3 is 1. The highest BCUT2D eigenvalue weighted by Gasteiger charge is 2.10. The van der Waals surface area contributed by atoms with Crippen LogP contribution in [0.15, 0.2) is 24.3 Å². The van der Waals surface area contributed by atoms with Crippen LogP contribution in [0, 0.1) is 0 Å². The molecule has 0 aliphatic rings. The quantitative estimate of drug-likeness (QED) is 0.788. The first-order valence-corrected chi connectivity index (χ1v) is 5.77. The summed E-state index contributed by atoms with van der Waals surface area (Å²) in [6.07, 6.45) is 0.494. The minimum absolute atomic E-state index is 0.0835. The fraction of sp³-hybridized carbons (Fsp3) is 0.364. The van der Waals surface area contributed by atoms with Gasteiger partial charge in [0.1, 0.15) is 5.75 Å². The smallest absolute Gasteiger partial charge is 0.227 e. The van der Waals surface area contributed by atoms with Crippen LogP contribution in [0.3, 0.4) is 0 Å². The average molecular weight is 272 g/mol. The minimum atomic E-state index is 0.0835. The van der Waals surface area contributed by atoms with Gasteiger partial charge in [-0.25, -0.2) is 0 Å². The second kappa shape index (κ2) is 5.75. The Morgan fingerprint density at radius 3 is 2.87 bits per heavy atom. The zero-order valence-electron chi connectivity index (χ0n) is 8.87. The summed E-state index contributed by atoms with van der Waals surface area (Å²) < 4.78 is 5.10. The van der Waals surface area contributed by atoms with E-state index in [9.17, 15) is 4.79 Å². The third kappa shape index (κ3) is 3.23. The predicted molar refractivity (Wildman–Crippen MR) is 64.8 cm³/mol. The lowest BCUT2D eigenvalue weighted by molar-refractivity contribution is -0.117. The first-order chi connectivity index (χ1) is 7.19. The highest BCUT2D eigenvalue weighted by atomic mass is 79.9. The molecule has 0 saturated heterocycles. The molecule has 0 aliphatic heterocycles. The standard InChI is InChI=1S/C11H14BrNO2/c1-13(11(14)6-7-12)9-4-3-5-10(8-9)15-2/h3-5,8H,6-7H2,1-2H3. The van der Waals surface area contributed by atoms with Crippen LogP contribution in [0.5, 0.6) is 5.75 Å². The fourth-order valence-corrected chi connectivity index (χ4v) is 1.55. The third-order valence-electron chi connectivity index (χ3n) is 2.12. The summed E-state index contributed by atoms with van der Waals surface area (Å²) in [5.41, 5.74) is 0.848. The molecule has 0 spiro atoms. The van der Waals surface area contributed by atoms with E-state index < -0.39 is 0 Å². The van der Waals surface area contributed by atoms with Crippen LogP contribution in [0.25, 0.3) is 0 Å². The van der Waals surface area contributed by atoms with Gasteiger partial charge >= 0.3 is 0 Å². The molecule has 4 heteroatoms. The molecule has 1 aromatic carbocycles. The summed E-state index contributed by atoms with van der Waals surface area (Å²) in [5, 5.41) is 0.681. The molecule has 0 heterocycles. The van der Waals surface area contributed by atoms with E-state index in [-0.39, 0.29) is 5.91 Å². The van der Waals surface area contributed by atoms with Gasteiger partial charge in [0, 0.05) is 30.6 Å². The lowest BCUT2D eigenvalue weighted by Gasteiger charge is -2.17. The van der Waals surface area contributed by atoms with Gasteiger partial charge in [0.25, 0.3) is 0 Å². The summed E-state index contributed by atoms with van der Waals surface area (Å²) in [7, 11) is 3.37. The van der Waals surface area contributed by atoms with E-state index in [4.69, 9.17) is 4.74 Å². The summed E-state index contributed by atoms with van der Waals surface area (Å²) in [6, 6.07) is 7.44. The molecule has 0 N–H and O–H groups in total. The first-order valence-electron chi connectivity index (χ1n) is 4.65. The van der Waals surface area contributed by atoms with Gasteiger partial charge in [-0.05, 0) is 12.1 Å². The molecular formula is C11H14BrNO2. The lowest BCUT2D eigenvalue weighted by atomic mass is 10.2. The Morgan fingerprint density at radius 2 is 2.27 bits per heavy atom. The molecule has 0 bridgehead atoms. The number of nitrogens with zero attached hydrogens (tertiary/aromatic N) is 1. The van der Waals surface area contributed by atoms with Crippen molar-refractivity contribution in [3.8, 4) is 5.75 Å². The van der Waals surface area contributed by atoms with Crippen molar-refractivity contribution in [3.63, 3.8) is 0 Å². The van der Waals surface area contributed by atoms with Gasteiger partial charge in [-0.2, -0.15) is 0 Å². The molecule has 1 amide bonds. The van der Waals surface area contributed by atoms with Gasteiger partial charge in [-0.15, -0.1) is 0 Å². The van der Waals surface area contributed by atoms with Crippen LogP contribution in [0.1, 0.15) is 6.42 Å². The Labute approximate surface area is 98.2 Å². The van der Waals surface area contributed by atoms with Crippen molar-refractivity contribution in [2.75, 3.05) is 24.4 Å². The van der Waals surface area contributed by atoms with Gasteiger partial charge in [-0.3, -0.25) is 4.79 Å². The van der Waals surface area contributed by atoms with Crippen molar-refractivity contribution in [1.82, 2.24) is 0 Å². The summed E-state index contributed by atoms with van der Waals surface area (Å²) in [5.74, 6) is 0.839. The maximum absolute atomic E-state index is 11.6. The average Bonchev–Trinajstić information content (AvgIpc) is 2.28. The molecule has 0 fully saturated rings. The van der Waals surface area contributed by atoms with E-state index in [2.05, 4.69) is 15.9 Å². The van der Waals surface area contributed by atoms with Crippen molar-refractivity contribution >= 4 is 27.5 Å². The van der Waals surface area contributed by atoms with E-state index in [1.54, 1.807) is 19.1 Å². The van der Waals surface area contributed by atoms with Crippen molar-refractivity contribution in [2.45, 2.75) is 6.42 Å². The number of carbonyl (C=O) groups excluding carboxylic acids is 1. The molecule has 0 aliphatic carbocycles. The normalized spacial score (nSPS) is 9.80. The van der Waals surface area contributed by atoms with Gasteiger partial charge in [0.15, 0.2) is 0 Å². The number of amides is 1. The van der Waals surface area contributed by atoms with E-state index >= 15 is 0 Å². The topological polar surface area (TPSA) is 29.5 Å². The van der Waals surface area contributed by atoms with E-state index in [0.717, 1.165) is 11.4 Å². The SMILES string of the molecule is COc1cccc(N(C)C(=O)CCBr)c1. The van der Waals surface area contributed by atoms with Crippen LogP contribution < -0.4 is 9.64 Å². The summed E-state index contributed by atoms with van der Waals surface area (Å²) in [4.78, 5) is 13.2. The maximum atomic E-state index is 11.6. The van der Waals surface area contributed by atoms with Gasteiger partial charge in [-0.1, -0.05) is 22.0 Å². The van der Waals surface area contributed by atoms with Crippen LogP contribution in [-0.4, -0.2) is 25.4 Å². The Bertz CT molecular complexity index is 341. The number of hydrogen-bond acceptors (Lipinski definition) is 2. The first kappa shape index (κ1) is 12.0.